The normalized spacial score (nSPS) is 11.5. The van der Waals surface area contributed by atoms with Crippen molar-refractivity contribution in [3.05, 3.63) is 29.8 Å². The van der Waals surface area contributed by atoms with Crippen molar-refractivity contribution in [2.45, 2.75) is 27.2 Å². The van der Waals surface area contributed by atoms with E-state index in [0.29, 0.717) is 30.8 Å². The number of nitrogens with zero attached hydrogens (tertiary/aromatic N) is 1. The summed E-state index contributed by atoms with van der Waals surface area (Å²) in [6.45, 7) is 6.85. The van der Waals surface area contributed by atoms with Gasteiger partial charge in [0.15, 0.2) is 0 Å². The maximum absolute atomic E-state index is 12.4. The molecule has 1 aromatic carbocycles. The predicted molar refractivity (Wildman–Crippen MR) is 101 cm³/mol. The number of carbonyl (C=O) groups is 1. The van der Waals surface area contributed by atoms with Crippen LogP contribution in [0.2, 0.25) is 0 Å². The Hall–Kier alpha value is -1.31. The van der Waals surface area contributed by atoms with Crippen LogP contribution in [0, 0.1) is 5.41 Å². The molecule has 0 aliphatic rings. The van der Waals surface area contributed by atoms with Crippen LogP contribution in [-0.2, 0) is 10.0 Å². The van der Waals surface area contributed by atoms with E-state index in [-0.39, 0.29) is 29.5 Å². The minimum Gasteiger partial charge on any atom is -0.341 e. The van der Waals surface area contributed by atoms with Gasteiger partial charge in [-0.25, -0.2) is 8.42 Å². The molecule has 0 bridgehead atoms. The molecule has 1 rings (SSSR count). The number of benzene rings is 1. The molecule has 0 aliphatic heterocycles. The van der Waals surface area contributed by atoms with Crippen molar-refractivity contribution in [3.63, 3.8) is 0 Å². The third kappa shape index (κ3) is 7.07. The van der Waals surface area contributed by atoms with Gasteiger partial charge in [0, 0.05) is 24.8 Å². The Bertz CT molecular complexity index is 630. The smallest absolute Gasteiger partial charge is 0.253 e. The number of sulfonamides is 1. The number of amides is 1. The maximum atomic E-state index is 12.4. The molecular weight excluding hydrogens is 350 g/mol. The summed E-state index contributed by atoms with van der Waals surface area (Å²) in [7, 11) is -1.59. The molecule has 6 nitrogen and oxygen atoms in total. The van der Waals surface area contributed by atoms with E-state index in [0.717, 1.165) is 0 Å². The average Bonchev–Trinajstić information content (AvgIpc) is 2.46. The summed E-state index contributed by atoms with van der Waals surface area (Å²) < 4.78 is 25.9. The number of hydrogen-bond acceptors (Lipinski definition) is 4. The second-order valence-corrected chi connectivity index (χ2v) is 8.37. The molecule has 1 amide bonds. The molecule has 0 fully saturated rings. The van der Waals surface area contributed by atoms with Crippen molar-refractivity contribution in [1.82, 2.24) is 4.90 Å². The van der Waals surface area contributed by atoms with Gasteiger partial charge in [-0.3, -0.25) is 9.52 Å². The zero-order valence-electron chi connectivity index (χ0n) is 14.7. The molecule has 3 N–H and O–H groups in total. The van der Waals surface area contributed by atoms with Crippen molar-refractivity contribution < 1.29 is 13.2 Å². The van der Waals surface area contributed by atoms with Gasteiger partial charge in [-0.1, -0.05) is 20.8 Å². The summed E-state index contributed by atoms with van der Waals surface area (Å²) in [6, 6.07) is 6.45. The lowest BCUT2D eigenvalue weighted by Gasteiger charge is -2.29. The summed E-state index contributed by atoms with van der Waals surface area (Å²) in [6.07, 6.45) is 0.549. The average molecular weight is 378 g/mol. The monoisotopic (exact) mass is 377 g/mol. The summed E-state index contributed by atoms with van der Waals surface area (Å²) in [4.78, 5) is 14.0. The van der Waals surface area contributed by atoms with E-state index in [2.05, 4.69) is 4.72 Å². The number of anilines is 1. The molecule has 24 heavy (non-hydrogen) atoms. The highest BCUT2D eigenvalue weighted by Gasteiger charge is 2.22. The van der Waals surface area contributed by atoms with Crippen LogP contribution >= 0.6 is 12.4 Å². The predicted octanol–water partition coefficient (Wildman–Crippen LogP) is 2.32. The Balaban J connectivity index is 0.00000529. The van der Waals surface area contributed by atoms with E-state index in [1.54, 1.807) is 43.1 Å². The van der Waals surface area contributed by atoms with Crippen molar-refractivity contribution in [3.8, 4) is 0 Å². The molecule has 0 saturated heterocycles. The quantitative estimate of drug-likeness (QED) is 0.727. The van der Waals surface area contributed by atoms with E-state index in [9.17, 15) is 13.2 Å². The second kappa shape index (κ2) is 9.25. The topological polar surface area (TPSA) is 92.5 Å². The largest absolute Gasteiger partial charge is 0.341 e. The maximum Gasteiger partial charge on any atom is 0.253 e. The first kappa shape index (κ1) is 22.7. The van der Waals surface area contributed by atoms with Gasteiger partial charge in [-0.05, 0) is 42.6 Å². The zero-order valence-corrected chi connectivity index (χ0v) is 16.3. The first-order valence-electron chi connectivity index (χ1n) is 7.66. The molecule has 0 heterocycles. The first-order valence-corrected chi connectivity index (χ1v) is 9.31. The third-order valence-corrected chi connectivity index (χ3v) is 4.93. The number of nitrogens with one attached hydrogen (secondary N) is 1. The molecule has 0 aromatic heterocycles. The number of rotatable bonds is 8. The van der Waals surface area contributed by atoms with E-state index >= 15 is 0 Å². The highest BCUT2D eigenvalue weighted by Crippen LogP contribution is 2.17. The Morgan fingerprint density at radius 2 is 1.79 bits per heavy atom. The van der Waals surface area contributed by atoms with E-state index in [1.165, 1.54) is 0 Å². The highest BCUT2D eigenvalue weighted by molar-refractivity contribution is 7.92. The lowest BCUT2D eigenvalue weighted by Crippen LogP contribution is -2.39. The molecular formula is C16H28ClN3O3S. The van der Waals surface area contributed by atoms with Crippen LogP contribution < -0.4 is 10.5 Å². The standard InChI is InChI=1S/C16H27N3O3S.ClH/c1-5-10-23(21,22)18-14-8-6-13(7-9-14)15(20)19(4)12-16(2,3)11-17;/h6-9,18H,5,10-12,17H2,1-4H3;1H. The third-order valence-electron chi connectivity index (χ3n) is 3.44. The van der Waals surface area contributed by atoms with Crippen molar-refractivity contribution in [2.75, 3.05) is 30.6 Å². The van der Waals surface area contributed by atoms with Crippen LogP contribution in [0.25, 0.3) is 0 Å². The molecule has 0 spiro atoms. The van der Waals surface area contributed by atoms with Crippen molar-refractivity contribution in [1.29, 1.82) is 0 Å². The van der Waals surface area contributed by atoms with Crippen LogP contribution in [0.3, 0.4) is 0 Å². The summed E-state index contributed by atoms with van der Waals surface area (Å²) >= 11 is 0. The van der Waals surface area contributed by atoms with Gasteiger partial charge < -0.3 is 10.6 Å². The van der Waals surface area contributed by atoms with Crippen molar-refractivity contribution in [2.24, 2.45) is 11.1 Å². The number of nitrogens with two attached hydrogens (primary N) is 1. The minimum atomic E-state index is -3.32. The molecule has 0 saturated carbocycles. The lowest BCUT2D eigenvalue weighted by molar-refractivity contribution is 0.0740. The van der Waals surface area contributed by atoms with Gasteiger partial charge in [0.05, 0.1) is 5.75 Å². The molecule has 8 heteroatoms. The SMILES string of the molecule is CCCS(=O)(=O)Nc1ccc(C(=O)N(C)CC(C)(C)CN)cc1.Cl. The molecule has 0 atom stereocenters. The van der Waals surface area contributed by atoms with Crippen LogP contribution in [-0.4, -0.2) is 45.1 Å². The van der Waals surface area contributed by atoms with Gasteiger partial charge >= 0.3 is 0 Å². The first-order chi connectivity index (χ1) is 10.6. The van der Waals surface area contributed by atoms with E-state index < -0.39 is 10.0 Å². The van der Waals surface area contributed by atoms with E-state index in [1.807, 2.05) is 13.8 Å². The van der Waals surface area contributed by atoms with Gasteiger partial charge in [-0.2, -0.15) is 0 Å². The Morgan fingerprint density at radius 1 is 1.25 bits per heavy atom. The Morgan fingerprint density at radius 3 is 2.25 bits per heavy atom. The molecule has 0 radical (unpaired) electrons. The Kier molecular flexibility index (Phi) is 8.74. The molecule has 1 aromatic rings. The Labute approximate surface area is 151 Å². The van der Waals surface area contributed by atoms with E-state index in [4.69, 9.17) is 5.73 Å². The fourth-order valence-electron chi connectivity index (χ4n) is 2.18. The van der Waals surface area contributed by atoms with Gasteiger partial charge in [0.1, 0.15) is 0 Å². The summed E-state index contributed by atoms with van der Waals surface area (Å²) in [5.41, 5.74) is 6.51. The van der Waals surface area contributed by atoms with Crippen LogP contribution in [0.5, 0.6) is 0 Å². The fraction of sp³-hybridized carbons (Fsp3) is 0.562. The number of hydrogen-bond donors (Lipinski definition) is 2. The minimum absolute atomic E-state index is 0. The highest BCUT2D eigenvalue weighted by atomic mass is 35.5. The van der Waals surface area contributed by atoms with Crippen molar-refractivity contribution >= 4 is 34.0 Å². The molecule has 0 aliphatic carbocycles. The van der Waals surface area contributed by atoms with Crippen LogP contribution in [0.1, 0.15) is 37.6 Å². The fourth-order valence-corrected chi connectivity index (χ4v) is 3.31. The summed E-state index contributed by atoms with van der Waals surface area (Å²) in [5.74, 6) is -0.0422. The second-order valence-electron chi connectivity index (χ2n) is 6.53. The van der Waals surface area contributed by atoms with Gasteiger partial charge in [0.2, 0.25) is 10.0 Å². The summed E-state index contributed by atoms with van der Waals surface area (Å²) in [5, 5.41) is 0. The lowest BCUT2D eigenvalue weighted by atomic mass is 9.93. The van der Waals surface area contributed by atoms with Gasteiger partial charge in [0.25, 0.3) is 5.91 Å². The van der Waals surface area contributed by atoms with Gasteiger partial charge in [-0.15, -0.1) is 12.4 Å². The number of carbonyl (C=O) groups excluding carboxylic acids is 1. The van der Waals surface area contributed by atoms with Crippen LogP contribution in [0.4, 0.5) is 5.69 Å². The molecule has 0 unspecified atom stereocenters. The molecule has 138 valence electrons. The zero-order chi connectivity index (χ0) is 17.7. The van der Waals surface area contributed by atoms with Crippen LogP contribution in [0.15, 0.2) is 24.3 Å². The number of halogens is 1.